The quantitative estimate of drug-likeness (QED) is 0.0627. The lowest BCUT2D eigenvalue weighted by Gasteiger charge is -2.24. The first-order chi connectivity index (χ1) is 21.8. The number of aliphatic hydroxyl groups is 4. The van der Waals surface area contributed by atoms with E-state index in [0.717, 1.165) is 70.6 Å². The molecule has 0 bridgehead atoms. The predicted octanol–water partition coefficient (Wildman–Crippen LogP) is 6.91. The van der Waals surface area contributed by atoms with Crippen LogP contribution in [0.4, 0.5) is 0 Å². The van der Waals surface area contributed by atoms with E-state index in [0.29, 0.717) is 19.3 Å². The molecule has 0 radical (unpaired) electrons. The van der Waals surface area contributed by atoms with Gasteiger partial charge in [-0.15, -0.1) is 0 Å². The zero-order valence-electron chi connectivity index (χ0n) is 28.7. The van der Waals surface area contributed by atoms with Gasteiger partial charge in [-0.1, -0.05) is 103 Å². The van der Waals surface area contributed by atoms with E-state index in [2.05, 4.69) is 6.92 Å². The average Bonchev–Trinajstić information content (AvgIpc) is 3.77. The third kappa shape index (κ3) is 14.1. The first-order valence-corrected chi connectivity index (χ1v) is 19.0. The lowest BCUT2D eigenvalue weighted by Crippen LogP contribution is -2.33. The number of esters is 1. The summed E-state index contributed by atoms with van der Waals surface area (Å²) in [5.41, 5.74) is 0. The van der Waals surface area contributed by atoms with Crippen LogP contribution in [0, 0.1) is 5.92 Å². The molecule has 0 spiro atoms. The minimum Gasteiger partial charge on any atom is -0.460 e. The van der Waals surface area contributed by atoms with Crippen molar-refractivity contribution < 1.29 is 39.4 Å². The van der Waals surface area contributed by atoms with Gasteiger partial charge in [0.05, 0.1) is 48.6 Å². The summed E-state index contributed by atoms with van der Waals surface area (Å²) < 4.78 is 17.4. The first-order valence-electron chi connectivity index (χ1n) is 19.0. The summed E-state index contributed by atoms with van der Waals surface area (Å²) in [6.07, 6.45) is 21.8. The second-order valence-electron chi connectivity index (χ2n) is 14.5. The SMILES string of the molecule is CCCCCCCCCC[C@@H](O)[C@@H]1CC[C@@H]([C@@H](O)CC[C@H](O)[C@@H]2CC[C@H](CCCCCCCCC[C@@H]3C(=O)O[C@H](C)[C@@H]3O)O2)O1. The van der Waals surface area contributed by atoms with Crippen molar-refractivity contribution in [3.63, 3.8) is 0 Å². The van der Waals surface area contributed by atoms with Crippen molar-refractivity contribution in [2.75, 3.05) is 0 Å². The molecule has 0 saturated carbocycles. The molecule has 3 fully saturated rings. The summed E-state index contributed by atoms with van der Waals surface area (Å²) in [6.45, 7) is 3.99. The molecule has 3 aliphatic rings. The van der Waals surface area contributed by atoms with Crippen LogP contribution in [0.15, 0.2) is 0 Å². The standard InChI is InChI=1S/C37H68O8/c1-3-4-5-6-7-11-14-17-20-30(38)34-25-26-35(45-34)32(40)23-22-31(39)33-24-21-28(44-33)18-15-12-9-8-10-13-16-19-29-36(41)27(2)43-37(29)42/h27-36,38-41H,3-26H2,1-2H3/t27-,28+,29+,30-,31+,32+,33+,34+,35+,36+/m1/s1. The van der Waals surface area contributed by atoms with E-state index in [1.54, 1.807) is 6.92 Å². The zero-order chi connectivity index (χ0) is 32.4. The molecule has 0 aliphatic carbocycles. The van der Waals surface area contributed by atoms with Gasteiger partial charge in [-0.25, -0.2) is 0 Å². The summed E-state index contributed by atoms with van der Waals surface area (Å²) in [7, 11) is 0. The second kappa shape index (κ2) is 22.0. The van der Waals surface area contributed by atoms with Gasteiger partial charge in [0.15, 0.2) is 0 Å². The predicted molar refractivity (Wildman–Crippen MR) is 177 cm³/mol. The van der Waals surface area contributed by atoms with Gasteiger partial charge in [0.25, 0.3) is 0 Å². The van der Waals surface area contributed by atoms with Crippen LogP contribution in [0.25, 0.3) is 0 Å². The summed E-state index contributed by atoms with van der Waals surface area (Å²) >= 11 is 0. The molecule has 8 heteroatoms. The van der Waals surface area contributed by atoms with Gasteiger partial charge in [0, 0.05) is 0 Å². The Morgan fingerprint density at radius 3 is 1.64 bits per heavy atom. The molecule has 0 amide bonds. The van der Waals surface area contributed by atoms with E-state index in [-0.39, 0.29) is 42.4 Å². The van der Waals surface area contributed by atoms with Crippen molar-refractivity contribution in [3.8, 4) is 0 Å². The van der Waals surface area contributed by atoms with Crippen molar-refractivity contribution in [2.45, 2.75) is 223 Å². The van der Waals surface area contributed by atoms with E-state index in [4.69, 9.17) is 14.2 Å². The minimum absolute atomic E-state index is 0.147. The normalized spacial score (nSPS) is 30.5. The molecular weight excluding hydrogens is 572 g/mol. The van der Waals surface area contributed by atoms with Crippen molar-refractivity contribution >= 4 is 5.97 Å². The van der Waals surface area contributed by atoms with Gasteiger partial charge in [-0.3, -0.25) is 4.79 Å². The van der Waals surface area contributed by atoms with Gasteiger partial charge >= 0.3 is 5.97 Å². The Kier molecular flexibility index (Phi) is 18.9. The molecule has 8 nitrogen and oxygen atoms in total. The van der Waals surface area contributed by atoms with Crippen LogP contribution < -0.4 is 0 Å². The average molecular weight is 641 g/mol. The Bertz CT molecular complexity index is 780. The van der Waals surface area contributed by atoms with Crippen LogP contribution in [0.5, 0.6) is 0 Å². The van der Waals surface area contributed by atoms with Gasteiger partial charge in [-0.2, -0.15) is 0 Å². The number of carbonyl (C=O) groups is 1. The van der Waals surface area contributed by atoms with Crippen LogP contribution >= 0.6 is 0 Å². The van der Waals surface area contributed by atoms with Gasteiger partial charge < -0.3 is 34.6 Å². The molecule has 0 aromatic carbocycles. The third-order valence-corrected chi connectivity index (χ3v) is 10.7. The highest BCUT2D eigenvalue weighted by molar-refractivity contribution is 5.75. The van der Waals surface area contributed by atoms with Crippen molar-refractivity contribution in [1.29, 1.82) is 0 Å². The summed E-state index contributed by atoms with van der Waals surface area (Å²) in [4.78, 5) is 11.8. The smallest absolute Gasteiger partial charge is 0.312 e. The van der Waals surface area contributed by atoms with Gasteiger partial charge in [0.2, 0.25) is 0 Å². The van der Waals surface area contributed by atoms with Crippen molar-refractivity contribution in [3.05, 3.63) is 0 Å². The summed E-state index contributed by atoms with van der Waals surface area (Å²) in [5, 5.41) is 42.2. The topological polar surface area (TPSA) is 126 Å². The van der Waals surface area contributed by atoms with E-state index in [9.17, 15) is 25.2 Å². The maximum Gasteiger partial charge on any atom is 0.312 e. The lowest BCUT2D eigenvalue weighted by molar-refractivity contribution is -0.143. The fourth-order valence-corrected chi connectivity index (χ4v) is 7.59. The number of carbonyl (C=O) groups excluding carboxylic acids is 1. The molecule has 3 saturated heterocycles. The molecule has 10 atom stereocenters. The van der Waals surface area contributed by atoms with Crippen molar-refractivity contribution in [1.82, 2.24) is 0 Å². The van der Waals surface area contributed by atoms with Gasteiger partial charge in [-0.05, 0) is 64.7 Å². The number of ether oxygens (including phenoxy) is 3. The molecule has 0 aromatic rings. The molecule has 0 aromatic heterocycles. The number of hydrogen-bond acceptors (Lipinski definition) is 8. The molecule has 4 N–H and O–H groups in total. The molecule has 3 rings (SSSR count). The van der Waals surface area contributed by atoms with E-state index in [1.165, 1.54) is 64.2 Å². The Morgan fingerprint density at radius 2 is 1.09 bits per heavy atom. The number of aliphatic hydroxyl groups excluding tert-OH is 4. The van der Waals surface area contributed by atoms with Crippen LogP contribution in [0.3, 0.4) is 0 Å². The number of hydrogen-bond donors (Lipinski definition) is 4. The van der Waals surface area contributed by atoms with E-state index in [1.807, 2.05) is 0 Å². The number of rotatable bonds is 25. The summed E-state index contributed by atoms with van der Waals surface area (Å²) in [6, 6.07) is 0. The monoisotopic (exact) mass is 640 g/mol. The maximum atomic E-state index is 11.8. The molecule has 0 unspecified atom stereocenters. The fraction of sp³-hybridized carbons (Fsp3) is 0.973. The van der Waals surface area contributed by atoms with Crippen LogP contribution in [0.1, 0.15) is 168 Å². The zero-order valence-corrected chi connectivity index (χ0v) is 28.7. The Morgan fingerprint density at radius 1 is 0.622 bits per heavy atom. The highest BCUT2D eigenvalue weighted by atomic mass is 16.6. The van der Waals surface area contributed by atoms with Crippen LogP contribution in [0.2, 0.25) is 0 Å². The maximum absolute atomic E-state index is 11.8. The summed E-state index contributed by atoms with van der Waals surface area (Å²) in [5.74, 6) is -0.591. The van der Waals surface area contributed by atoms with E-state index >= 15 is 0 Å². The number of cyclic esters (lactones) is 1. The first kappa shape index (κ1) is 38.7. The Balaban J connectivity index is 1.15. The fourth-order valence-electron chi connectivity index (χ4n) is 7.59. The number of unbranched alkanes of at least 4 members (excludes halogenated alkanes) is 13. The molecule has 45 heavy (non-hydrogen) atoms. The van der Waals surface area contributed by atoms with Crippen LogP contribution in [-0.2, 0) is 19.0 Å². The minimum atomic E-state index is -0.656. The molecular formula is C37H68O8. The highest BCUT2D eigenvalue weighted by Gasteiger charge is 2.40. The Hall–Kier alpha value is -0.770. The van der Waals surface area contributed by atoms with Gasteiger partial charge in [0.1, 0.15) is 12.2 Å². The lowest BCUT2D eigenvalue weighted by atomic mass is 9.95. The molecule has 3 aliphatic heterocycles. The highest BCUT2D eigenvalue weighted by Crippen LogP contribution is 2.31. The third-order valence-electron chi connectivity index (χ3n) is 10.7. The van der Waals surface area contributed by atoms with Crippen LogP contribution in [-0.4, -0.2) is 81.3 Å². The Labute approximate surface area is 274 Å². The second-order valence-corrected chi connectivity index (χ2v) is 14.5. The molecule has 3 heterocycles. The van der Waals surface area contributed by atoms with E-state index < -0.39 is 24.4 Å². The molecule has 264 valence electrons. The largest absolute Gasteiger partial charge is 0.460 e. The van der Waals surface area contributed by atoms with Crippen molar-refractivity contribution in [2.24, 2.45) is 5.92 Å².